The number of ether oxygens (including phenoxy) is 2. The van der Waals surface area contributed by atoms with Crippen LogP contribution in [0.15, 0.2) is 28.9 Å². The summed E-state index contributed by atoms with van der Waals surface area (Å²) in [6.07, 6.45) is 2.21. The summed E-state index contributed by atoms with van der Waals surface area (Å²) in [4.78, 5) is 10.3. The number of carboxylic acids is 1. The Bertz CT molecular complexity index is 543. The molecule has 0 aliphatic rings. The van der Waals surface area contributed by atoms with Crippen molar-refractivity contribution in [2.45, 2.75) is 6.42 Å². The molecule has 1 heterocycles. The molecular weight excluding hydrogens is 236 g/mol. The molecule has 1 N–H and O–H groups in total. The van der Waals surface area contributed by atoms with Crippen molar-refractivity contribution in [3.05, 3.63) is 30.0 Å². The van der Waals surface area contributed by atoms with Gasteiger partial charge in [0.05, 0.1) is 20.0 Å². The first-order valence-corrected chi connectivity index (χ1v) is 5.54. The molecule has 5 heteroatoms. The van der Waals surface area contributed by atoms with Crippen LogP contribution in [-0.2, 0) is 16.0 Å². The SMILES string of the molecule is COc1cc2occc2cc1CCOCC(=O)O. The molecule has 0 fully saturated rings. The van der Waals surface area contributed by atoms with Gasteiger partial charge in [0.1, 0.15) is 17.9 Å². The van der Waals surface area contributed by atoms with Crippen LogP contribution in [0, 0.1) is 0 Å². The van der Waals surface area contributed by atoms with E-state index in [0.29, 0.717) is 13.0 Å². The molecule has 0 bridgehead atoms. The quantitative estimate of drug-likeness (QED) is 0.795. The molecule has 1 aromatic carbocycles. The molecule has 0 unspecified atom stereocenters. The van der Waals surface area contributed by atoms with Crippen molar-refractivity contribution in [3.8, 4) is 5.75 Å². The number of methoxy groups -OCH3 is 1. The van der Waals surface area contributed by atoms with E-state index in [1.165, 1.54) is 0 Å². The predicted molar refractivity (Wildman–Crippen MR) is 64.9 cm³/mol. The molecule has 18 heavy (non-hydrogen) atoms. The van der Waals surface area contributed by atoms with E-state index in [1.807, 2.05) is 18.2 Å². The van der Waals surface area contributed by atoms with Crippen LogP contribution >= 0.6 is 0 Å². The van der Waals surface area contributed by atoms with Crippen LogP contribution in [0.25, 0.3) is 11.0 Å². The van der Waals surface area contributed by atoms with Gasteiger partial charge in [-0.1, -0.05) is 0 Å². The maximum atomic E-state index is 10.3. The summed E-state index contributed by atoms with van der Waals surface area (Å²) in [5.41, 5.74) is 1.74. The van der Waals surface area contributed by atoms with E-state index in [9.17, 15) is 4.79 Å². The zero-order valence-corrected chi connectivity index (χ0v) is 10.0. The number of hydrogen-bond acceptors (Lipinski definition) is 4. The Kier molecular flexibility index (Phi) is 3.84. The third-order valence-corrected chi connectivity index (χ3v) is 2.60. The highest BCUT2D eigenvalue weighted by molar-refractivity contribution is 5.80. The summed E-state index contributed by atoms with van der Waals surface area (Å²) in [5.74, 6) is -0.247. The van der Waals surface area contributed by atoms with Crippen LogP contribution in [0.4, 0.5) is 0 Å². The van der Waals surface area contributed by atoms with Gasteiger partial charge in [-0.15, -0.1) is 0 Å². The van der Waals surface area contributed by atoms with E-state index < -0.39 is 5.97 Å². The fourth-order valence-electron chi connectivity index (χ4n) is 1.76. The number of rotatable bonds is 6. The van der Waals surface area contributed by atoms with Crippen molar-refractivity contribution >= 4 is 16.9 Å². The maximum absolute atomic E-state index is 10.3. The summed E-state index contributed by atoms with van der Waals surface area (Å²) in [7, 11) is 1.59. The zero-order valence-electron chi connectivity index (χ0n) is 10.0. The first kappa shape index (κ1) is 12.4. The highest BCUT2D eigenvalue weighted by Gasteiger charge is 2.08. The van der Waals surface area contributed by atoms with Crippen LogP contribution in [0.2, 0.25) is 0 Å². The zero-order chi connectivity index (χ0) is 13.0. The van der Waals surface area contributed by atoms with Gasteiger partial charge in [0, 0.05) is 11.5 Å². The molecule has 5 nitrogen and oxygen atoms in total. The number of carboxylic acid groups (broad SMARTS) is 1. The lowest BCUT2D eigenvalue weighted by Gasteiger charge is -2.08. The maximum Gasteiger partial charge on any atom is 0.329 e. The number of carbonyl (C=O) groups is 1. The summed E-state index contributed by atoms with van der Waals surface area (Å²) >= 11 is 0. The van der Waals surface area contributed by atoms with Gasteiger partial charge < -0.3 is 19.0 Å². The lowest BCUT2D eigenvalue weighted by atomic mass is 10.1. The lowest BCUT2D eigenvalue weighted by molar-refractivity contribution is -0.142. The molecule has 0 spiro atoms. The molecule has 0 aliphatic heterocycles. The highest BCUT2D eigenvalue weighted by Crippen LogP contribution is 2.27. The van der Waals surface area contributed by atoms with Gasteiger partial charge in [-0.3, -0.25) is 0 Å². The van der Waals surface area contributed by atoms with Crippen LogP contribution in [0.1, 0.15) is 5.56 Å². The summed E-state index contributed by atoms with van der Waals surface area (Å²) in [6.45, 7) is 0.0578. The number of furan rings is 1. The summed E-state index contributed by atoms with van der Waals surface area (Å²) in [6, 6.07) is 5.65. The normalized spacial score (nSPS) is 10.7. The van der Waals surface area contributed by atoms with Crippen LogP contribution in [0.5, 0.6) is 5.75 Å². The van der Waals surface area contributed by atoms with Crippen LogP contribution < -0.4 is 4.74 Å². The second-order valence-corrected chi connectivity index (χ2v) is 3.82. The molecule has 1 aromatic heterocycles. The smallest absolute Gasteiger partial charge is 0.329 e. The van der Waals surface area contributed by atoms with Crippen molar-refractivity contribution in [1.29, 1.82) is 0 Å². The van der Waals surface area contributed by atoms with Crippen molar-refractivity contribution in [1.82, 2.24) is 0 Å². The Morgan fingerprint density at radius 3 is 3.00 bits per heavy atom. The lowest BCUT2D eigenvalue weighted by Crippen LogP contribution is -2.09. The van der Waals surface area contributed by atoms with Gasteiger partial charge in [-0.25, -0.2) is 4.79 Å². The summed E-state index contributed by atoms with van der Waals surface area (Å²) < 4.78 is 15.6. The summed E-state index contributed by atoms with van der Waals surface area (Å²) in [5, 5.41) is 9.45. The Morgan fingerprint density at radius 1 is 1.44 bits per heavy atom. The Morgan fingerprint density at radius 2 is 2.28 bits per heavy atom. The number of fused-ring (bicyclic) bond motifs is 1. The first-order valence-electron chi connectivity index (χ1n) is 5.54. The Labute approximate surface area is 104 Å². The molecule has 0 atom stereocenters. The standard InChI is InChI=1S/C13H14O5/c1-16-11-7-12-10(3-5-18-12)6-9(11)2-4-17-8-13(14)15/h3,5-7H,2,4,8H2,1H3,(H,14,15). The monoisotopic (exact) mass is 250 g/mol. The molecule has 0 saturated heterocycles. The van der Waals surface area contributed by atoms with Gasteiger partial charge in [-0.2, -0.15) is 0 Å². The highest BCUT2D eigenvalue weighted by atomic mass is 16.5. The van der Waals surface area contributed by atoms with Gasteiger partial charge in [0.2, 0.25) is 0 Å². The third kappa shape index (κ3) is 2.81. The average molecular weight is 250 g/mol. The van der Waals surface area contributed by atoms with Gasteiger partial charge >= 0.3 is 5.97 Å². The molecule has 0 aliphatic carbocycles. The molecule has 0 amide bonds. The molecule has 2 aromatic rings. The van der Waals surface area contributed by atoms with E-state index in [2.05, 4.69) is 0 Å². The third-order valence-electron chi connectivity index (χ3n) is 2.60. The average Bonchev–Trinajstić information content (AvgIpc) is 2.80. The van der Waals surface area contributed by atoms with Crippen molar-refractivity contribution < 1.29 is 23.8 Å². The Balaban J connectivity index is 2.08. The molecular formula is C13H14O5. The van der Waals surface area contributed by atoms with Gasteiger partial charge in [0.25, 0.3) is 0 Å². The molecule has 0 saturated carbocycles. The second kappa shape index (κ2) is 5.55. The number of aliphatic carboxylic acids is 1. The van der Waals surface area contributed by atoms with Crippen molar-refractivity contribution in [2.24, 2.45) is 0 Å². The fourth-order valence-corrected chi connectivity index (χ4v) is 1.76. The number of hydrogen-bond donors (Lipinski definition) is 1. The van der Waals surface area contributed by atoms with Crippen LogP contribution in [0.3, 0.4) is 0 Å². The Hall–Kier alpha value is -2.01. The second-order valence-electron chi connectivity index (χ2n) is 3.82. The van der Waals surface area contributed by atoms with E-state index in [1.54, 1.807) is 13.4 Å². The largest absolute Gasteiger partial charge is 0.496 e. The minimum atomic E-state index is -0.966. The first-order chi connectivity index (χ1) is 8.70. The number of benzene rings is 1. The predicted octanol–water partition coefficient (Wildman–Crippen LogP) is 2.09. The fraction of sp³-hybridized carbons (Fsp3) is 0.308. The van der Waals surface area contributed by atoms with E-state index >= 15 is 0 Å². The van der Waals surface area contributed by atoms with Crippen molar-refractivity contribution in [3.63, 3.8) is 0 Å². The van der Waals surface area contributed by atoms with Gasteiger partial charge in [0.15, 0.2) is 0 Å². The van der Waals surface area contributed by atoms with E-state index in [0.717, 1.165) is 22.3 Å². The van der Waals surface area contributed by atoms with Gasteiger partial charge in [-0.05, 0) is 24.1 Å². The molecule has 2 rings (SSSR count). The minimum Gasteiger partial charge on any atom is -0.496 e. The molecule has 96 valence electrons. The van der Waals surface area contributed by atoms with Crippen LogP contribution in [-0.4, -0.2) is 31.4 Å². The minimum absolute atomic E-state index is 0.281. The van der Waals surface area contributed by atoms with E-state index in [4.69, 9.17) is 19.0 Å². The topological polar surface area (TPSA) is 68.9 Å². The molecule has 0 radical (unpaired) electrons. The van der Waals surface area contributed by atoms with Crippen molar-refractivity contribution in [2.75, 3.05) is 20.3 Å². The van der Waals surface area contributed by atoms with E-state index in [-0.39, 0.29) is 6.61 Å².